The van der Waals surface area contributed by atoms with Gasteiger partial charge in [0.15, 0.2) is 0 Å². The summed E-state index contributed by atoms with van der Waals surface area (Å²) in [6.07, 6.45) is 6.34. The Balaban J connectivity index is 1.78. The van der Waals surface area contributed by atoms with Gasteiger partial charge in [-0.05, 0) is 31.0 Å². The minimum atomic E-state index is -0.398. The molecule has 4 nitrogen and oxygen atoms in total. The van der Waals surface area contributed by atoms with Gasteiger partial charge < -0.3 is 9.64 Å². The Morgan fingerprint density at radius 2 is 1.82 bits per heavy atom. The van der Waals surface area contributed by atoms with Gasteiger partial charge in [-0.3, -0.25) is 0 Å². The summed E-state index contributed by atoms with van der Waals surface area (Å²) in [5.74, 6) is 1.24. The van der Waals surface area contributed by atoms with Crippen molar-refractivity contribution in [1.29, 1.82) is 0 Å². The lowest BCUT2D eigenvalue weighted by atomic mass is 10.2. The van der Waals surface area contributed by atoms with Crippen molar-refractivity contribution in [2.75, 3.05) is 18.0 Å². The lowest BCUT2D eigenvalue weighted by Crippen LogP contribution is -2.24. The molecule has 0 atom stereocenters. The van der Waals surface area contributed by atoms with Gasteiger partial charge in [0.2, 0.25) is 5.88 Å². The van der Waals surface area contributed by atoms with Crippen molar-refractivity contribution >= 4 is 17.4 Å². The van der Waals surface area contributed by atoms with Gasteiger partial charge in [0.1, 0.15) is 23.7 Å². The minimum absolute atomic E-state index is 0.218. The molecule has 0 radical (unpaired) electrons. The summed E-state index contributed by atoms with van der Waals surface area (Å²) in [7, 11) is 0. The molecular weight excluding hydrogens is 305 g/mol. The maximum atomic E-state index is 13.1. The second-order valence-corrected chi connectivity index (χ2v) is 5.70. The van der Waals surface area contributed by atoms with Gasteiger partial charge >= 0.3 is 0 Å². The Labute approximate surface area is 133 Å². The number of nitrogens with zero attached hydrogens (tertiary/aromatic N) is 3. The molecule has 0 bridgehead atoms. The molecule has 116 valence electrons. The summed E-state index contributed by atoms with van der Waals surface area (Å²) >= 11 is 5.97. The Morgan fingerprint density at radius 3 is 2.55 bits per heavy atom. The van der Waals surface area contributed by atoms with Crippen LogP contribution in [0.2, 0.25) is 5.02 Å². The Hall–Kier alpha value is -1.88. The predicted octanol–water partition coefficient (Wildman–Crippen LogP) is 4.44. The highest BCUT2D eigenvalue weighted by Gasteiger charge is 2.13. The van der Waals surface area contributed by atoms with Crippen LogP contribution in [0, 0.1) is 5.82 Å². The Morgan fingerprint density at radius 1 is 1.05 bits per heavy atom. The monoisotopic (exact) mass is 321 g/mol. The molecule has 6 heteroatoms. The molecule has 2 heterocycles. The molecule has 2 aromatic rings. The lowest BCUT2D eigenvalue weighted by Gasteiger charge is -2.21. The van der Waals surface area contributed by atoms with Crippen LogP contribution in [0.15, 0.2) is 30.6 Å². The van der Waals surface area contributed by atoms with Gasteiger partial charge in [0.05, 0.1) is 5.02 Å². The van der Waals surface area contributed by atoms with E-state index < -0.39 is 5.82 Å². The highest BCUT2D eigenvalue weighted by atomic mass is 35.5. The molecule has 0 spiro atoms. The summed E-state index contributed by atoms with van der Waals surface area (Å²) in [4.78, 5) is 10.7. The van der Waals surface area contributed by atoms with Crippen LogP contribution >= 0.6 is 11.6 Å². The molecule has 1 aliphatic rings. The fraction of sp³-hybridized carbons (Fsp3) is 0.375. The van der Waals surface area contributed by atoms with E-state index in [2.05, 4.69) is 14.9 Å². The molecule has 0 amide bonds. The van der Waals surface area contributed by atoms with Crippen LogP contribution in [0.3, 0.4) is 0 Å². The van der Waals surface area contributed by atoms with Crippen molar-refractivity contribution in [2.24, 2.45) is 0 Å². The highest BCUT2D eigenvalue weighted by molar-refractivity contribution is 6.32. The molecule has 0 unspecified atom stereocenters. The summed E-state index contributed by atoms with van der Waals surface area (Å²) < 4.78 is 18.7. The first-order valence-electron chi connectivity index (χ1n) is 7.42. The highest BCUT2D eigenvalue weighted by Crippen LogP contribution is 2.30. The smallest absolute Gasteiger partial charge is 0.224 e. The standard InChI is InChI=1S/C16H17ClFN3O/c17-13-9-12(18)5-6-14(13)22-16-10-15(19-11-20-16)21-7-3-1-2-4-8-21/h5-6,9-11H,1-4,7-8H2. The molecular formula is C16H17ClFN3O. The summed E-state index contributed by atoms with van der Waals surface area (Å²) in [5, 5.41) is 0.218. The van der Waals surface area contributed by atoms with E-state index in [1.54, 1.807) is 6.07 Å². The van der Waals surface area contributed by atoms with Gasteiger partial charge in [-0.15, -0.1) is 0 Å². The average Bonchev–Trinajstić information content (AvgIpc) is 2.80. The van der Waals surface area contributed by atoms with Crippen molar-refractivity contribution in [1.82, 2.24) is 9.97 Å². The number of anilines is 1. The van der Waals surface area contributed by atoms with E-state index in [0.717, 1.165) is 18.9 Å². The molecule has 1 aromatic carbocycles. The van der Waals surface area contributed by atoms with Crippen LogP contribution in [-0.4, -0.2) is 23.1 Å². The number of hydrogen-bond acceptors (Lipinski definition) is 4. The largest absolute Gasteiger partial charge is 0.437 e. The Kier molecular flexibility index (Phi) is 4.73. The van der Waals surface area contributed by atoms with E-state index in [1.165, 1.54) is 50.2 Å². The van der Waals surface area contributed by atoms with Crippen LogP contribution in [-0.2, 0) is 0 Å². The number of aromatic nitrogens is 2. The molecule has 0 aliphatic carbocycles. The fourth-order valence-corrected chi connectivity index (χ4v) is 2.73. The van der Waals surface area contributed by atoms with Crippen molar-refractivity contribution in [3.63, 3.8) is 0 Å². The molecule has 22 heavy (non-hydrogen) atoms. The zero-order valence-electron chi connectivity index (χ0n) is 12.1. The zero-order chi connectivity index (χ0) is 15.4. The third kappa shape index (κ3) is 3.65. The second kappa shape index (κ2) is 6.92. The van der Waals surface area contributed by atoms with Crippen molar-refractivity contribution in [3.8, 4) is 11.6 Å². The van der Waals surface area contributed by atoms with Gasteiger partial charge in [0, 0.05) is 19.2 Å². The molecule has 0 N–H and O–H groups in total. The third-order valence-corrected chi connectivity index (χ3v) is 3.96. The van der Waals surface area contributed by atoms with Crippen molar-refractivity contribution in [3.05, 3.63) is 41.4 Å². The quantitative estimate of drug-likeness (QED) is 0.837. The zero-order valence-corrected chi connectivity index (χ0v) is 12.9. The van der Waals surface area contributed by atoms with Crippen molar-refractivity contribution < 1.29 is 9.13 Å². The first kappa shape index (κ1) is 15.0. The number of rotatable bonds is 3. The van der Waals surface area contributed by atoms with E-state index in [4.69, 9.17) is 16.3 Å². The summed E-state index contributed by atoms with van der Waals surface area (Å²) in [6.45, 7) is 1.99. The van der Waals surface area contributed by atoms with E-state index in [-0.39, 0.29) is 5.02 Å². The van der Waals surface area contributed by atoms with Gasteiger partial charge in [-0.2, -0.15) is 0 Å². The van der Waals surface area contributed by atoms with Gasteiger partial charge in [0.25, 0.3) is 0 Å². The van der Waals surface area contributed by atoms with Crippen LogP contribution in [0.25, 0.3) is 0 Å². The van der Waals surface area contributed by atoms with Crippen LogP contribution in [0.5, 0.6) is 11.6 Å². The lowest BCUT2D eigenvalue weighted by molar-refractivity contribution is 0.460. The van der Waals surface area contributed by atoms with Crippen LogP contribution < -0.4 is 9.64 Å². The third-order valence-electron chi connectivity index (χ3n) is 3.67. The SMILES string of the molecule is Fc1ccc(Oc2cc(N3CCCCCC3)ncn2)c(Cl)c1. The van der Waals surface area contributed by atoms with Crippen molar-refractivity contribution in [2.45, 2.75) is 25.7 Å². The first-order chi connectivity index (χ1) is 10.7. The fourth-order valence-electron chi connectivity index (χ4n) is 2.53. The maximum Gasteiger partial charge on any atom is 0.224 e. The number of ether oxygens (including phenoxy) is 1. The molecule has 1 fully saturated rings. The maximum absolute atomic E-state index is 13.1. The van der Waals surface area contributed by atoms with Gasteiger partial charge in [-0.1, -0.05) is 24.4 Å². The molecule has 0 saturated carbocycles. The van der Waals surface area contributed by atoms with Crippen LogP contribution in [0.1, 0.15) is 25.7 Å². The van der Waals surface area contributed by atoms with E-state index in [9.17, 15) is 4.39 Å². The minimum Gasteiger partial charge on any atom is -0.437 e. The summed E-state index contributed by atoms with van der Waals surface area (Å²) in [5.41, 5.74) is 0. The Bertz CT molecular complexity index is 645. The number of halogens is 2. The van der Waals surface area contributed by atoms with E-state index >= 15 is 0 Å². The number of benzene rings is 1. The van der Waals surface area contributed by atoms with E-state index in [0.29, 0.717) is 11.6 Å². The predicted molar refractivity (Wildman–Crippen MR) is 84.2 cm³/mol. The molecule has 3 rings (SSSR count). The average molecular weight is 322 g/mol. The summed E-state index contributed by atoms with van der Waals surface area (Å²) in [6, 6.07) is 5.81. The molecule has 1 aliphatic heterocycles. The topological polar surface area (TPSA) is 38.2 Å². The second-order valence-electron chi connectivity index (χ2n) is 5.29. The number of hydrogen-bond donors (Lipinski definition) is 0. The molecule has 1 aromatic heterocycles. The molecule has 1 saturated heterocycles. The normalized spacial score (nSPS) is 15.5. The van der Waals surface area contributed by atoms with E-state index in [1.807, 2.05) is 0 Å². The van der Waals surface area contributed by atoms with Crippen LogP contribution in [0.4, 0.5) is 10.2 Å². The van der Waals surface area contributed by atoms with Gasteiger partial charge in [-0.25, -0.2) is 14.4 Å². The first-order valence-corrected chi connectivity index (χ1v) is 7.80.